The molecule has 4 nitrogen and oxygen atoms in total. The molecule has 7 heteroatoms. The molecule has 128 valence electrons. The quantitative estimate of drug-likeness (QED) is 0.814. The summed E-state index contributed by atoms with van der Waals surface area (Å²) in [6, 6.07) is 12.5. The first-order valence-corrected chi connectivity index (χ1v) is 7.45. The highest BCUT2D eigenvalue weighted by Crippen LogP contribution is 2.27. The molecule has 2 aromatic carbocycles. The van der Waals surface area contributed by atoms with E-state index in [2.05, 4.69) is 10.1 Å². The van der Waals surface area contributed by atoms with Crippen molar-refractivity contribution in [1.29, 1.82) is 0 Å². The lowest BCUT2D eigenvalue weighted by molar-refractivity contribution is -0.128. The average Bonchev–Trinajstić information content (AvgIpc) is 2.51. The normalized spacial score (nSPS) is 11.2. The summed E-state index contributed by atoms with van der Waals surface area (Å²) in [7, 11) is 0. The Morgan fingerprint density at radius 3 is 2.38 bits per heavy atom. The summed E-state index contributed by atoms with van der Waals surface area (Å²) in [5.74, 6) is -0.178. The number of benzene rings is 2. The van der Waals surface area contributed by atoms with Gasteiger partial charge in [-0.1, -0.05) is 23.7 Å². The molecule has 0 unspecified atom stereocenters. The van der Waals surface area contributed by atoms with E-state index in [9.17, 15) is 13.6 Å². The molecule has 0 radical (unpaired) electrons. The fourth-order valence-corrected chi connectivity index (χ4v) is 2.01. The summed E-state index contributed by atoms with van der Waals surface area (Å²) in [6.07, 6.45) is 0. The van der Waals surface area contributed by atoms with Crippen LogP contribution in [-0.4, -0.2) is 18.1 Å². The van der Waals surface area contributed by atoms with Crippen LogP contribution in [-0.2, 0) is 4.79 Å². The summed E-state index contributed by atoms with van der Waals surface area (Å²) >= 11 is 5.80. The Labute approximate surface area is 143 Å². The molecule has 0 bridgehead atoms. The van der Waals surface area contributed by atoms with Gasteiger partial charge < -0.3 is 14.8 Å². The van der Waals surface area contributed by atoms with Crippen LogP contribution in [0.3, 0.4) is 0 Å². The number of nitrogens with one attached hydrogen (secondary N) is 1. The summed E-state index contributed by atoms with van der Waals surface area (Å²) < 4.78 is 34.9. The number of rotatable bonds is 6. The first-order chi connectivity index (χ1) is 11.3. The van der Waals surface area contributed by atoms with E-state index >= 15 is 0 Å². The lowest BCUT2D eigenvalue weighted by Crippen LogP contribution is -2.42. The van der Waals surface area contributed by atoms with E-state index in [1.54, 1.807) is 44.2 Å². The Morgan fingerprint density at radius 1 is 1.12 bits per heavy atom. The molecule has 0 saturated heterocycles. The Balaban J connectivity index is 2.12. The predicted molar refractivity (Wildman–Crippen MR) is 87.9 cm³/mol. The Hall–Kier alpha value is -2.34. The van der Waals surface area contributed by atoms with E-state index in [1.807, 2.05) is 0 Å². The molecule has 2 rings (SSSR count). The monoisotopic (exact) mass is 355 g/mol. The number of anilines is 1. The molecular weight excluding hydrogens is 340 g/mol. The third kappa shape index (κ3) is 4.83. The molecule has 2 aromatic rings. The standard InChI is InChI=1S/C17H16ClF2NO3/c1-17(2,24-12-9-7-11(18)8-10-12)15(22)21-13-5-3-4-6-14(13)23-16(19)20/h3-10,16H,1-2H3,(H,21,22). The highest BCUT2D eigenvalue weighted by Gasteiger charge is 2.30. The third-order valence-corrected chi connectivity index (χ3v) is 3.34. The van der Waals surface area contributed by atoms with Crippen molar-refractivity contribution in [3.05, 3.63) is 53.6 Å². The lowest BCUT2D eigenvalue weighted by atomic mass is 10.1. The summed E-state index contributed by atoms with van der Waals surface area (Å²) in [5, 5.41) is 3.08. The zero-order chi connectivity index (χ0) is 17.7. The second kappa shape index (κ2) is 7.49. The zero-order valence-electron chi connectivity index (χ0n) is 13.1. The smallest absolute Gasteiger partial charge is 0.387 e. The maximum absolute atomic E-state index is 12.4. The van der Waals surface area contributed by atoms with Gasteiger partial charge in [0.05, 0.1) is 5.69 Å². The maximum atomic E-state index is 12.4. The molecule has 0 aliphatic carbocycles. The van der Waals surface area contributed by atoms with Gasteiger partial charge in [-0.05, 0) is 50.2 Å². The molecule has 1 N–H and O–H groups in total. The molecule has 0 aromatic heterocycles. The van der Waals surface area contributed by atoms with Crippen LogP contribution in [0.1, 0.15) is 13.8 Å². The fraction of sp³-hybridized carbons (Fsp3) is 0.235. The number of alkyl halides is 2. The number of hydrogen-bond donors (Lipinski definition) is 1. The molecular formula is C17H16ClF2NO3. The number of halogens is 3. The Bertz CT molecular complexity index is 705. The molecule has 0 atom stereocenters. The summed E-state index contributed by atoms with van der Waals surface area (Å²) in [5.41, 5.74) is -1.11. The van der Waals surface area contributed by atoms with Crippen LogP contribution in [0.25, 0.3) is 0 Å². The topological polar surface area (TPSA) is 47.6 Å². The van der Waals surface area contributed by atoms with Crippen molar-refractivity contribution in [2.75, 3.05) is 5.32 Å². The second-order valence-corrected chi connectivity index (χ2v) is 5.83. The predicted octanol–water partition coefficient (Wildman–Crippen LogP) is 4.74. The van der Waals surface area contributed by atoms with Crippen LogP contribution in [0, 0.1) is 0 Å². The van der Waals surface area contributed by atoms with E-state index in [0.717, 1.165) is 0 Å². The van der Waals surface area contributed by atoms with Crippen molar-refractivity contribution in [1.82, 2.24) is 0 Å². The van der Waals surface area contributed by atoms with Crippen LogP contribution in [0.5, 0.6) is 11.5 Å². The largest absolute Gasteiger partial charge is 0.478 e. The van der Waals surface area contributed by atoms with Crippen LogP contribution in [0.4, 0.5) is 14.5 Å². The minimum atomic E-state index is -2.98. The first kappa shape index (κ1) is 18.0. The Kier molecular flexibility index (Phi) is 5.62. The lowest BCUT2D eigenvalue weighted by Gasteiger charge is -2.25. The van der Waals surface area contributed by atoms with Crippen LogP contribution >= 0.6 is 11.6 Å². The van der Waals surface area contributed by atoms with Gasteiger partial charge >= 0.3 is 6.61 Å². The second-order valence-electron chi connectivity index (χ2n) is 5.40. The van der Waals surface area contributed by atoms with Gasteiger partial charge in [-0.15, -0.1) is 0 Å². The van der Waals surface area contributed by atoms with Crippen molar-refractivity contribution in [2.45, 2.75) is 26.1 Å². The molecule has 0 fully saturated rings. The van der Waals surface area contributed by atoms with Crippen LogP contribution < -0.4 is 14.8 Å². The number of carbonyl (C=O) groups excluding carboxylic acids is 1. The third-order valence-electron chi connectivity index (χ3n) is 3.08. The SMILES string of the molecule is CC(C)(Oc1ccc(Cl)cc1)C(=O)Nc1ccccc1OC(F)F. The van der Waals surface area contributed by atoms with E-state index in [-0.39, 0.29) is 11.4 Å². The molecule has 0 aliphatic heterocycles. The highest BCUT2D eigenvalue weighted by molar-refractivity contribution is 6.30. The van der Waals surface area contributed by atoms with E-state index in [4.69, 9.17) is 16.3 Å². The fourth-order valence-electron chi connectivity index (χ4n) is 1.89. The van der Waals surface area contributed by atoms with Gasteiger partial charge in [0, 0.05) is 5.02 Å². The molecule has 0 spiro atoms. The highest BCUT2D eigenvalue weighted by atomic mass is 35.5. The van der Waals surface area contributed by atoms with Gasteiger partial charge in [-0.25, -0.2) is 0 Å². The van der Waals surface area contributed by atoms with Crippen molar-refractivity contribution >= 4 is 23.2 Å². The van der Waals surface area contributed by atoms with Gasteiger partial charge in [0.1, 0.15) is 11.5 Å². The molecule has 24 heavy (non-hydrogen) atoms. The van der Waals surface area contributed by atoms with E-state index in [0.29, 0.717) is 10.8 Å². The first-order valence-electron chi connectivity index (χ1n) is 7.08. The van der Waals surface area contributed by atoms with Crippen molar-refractivity contribution in [3.63, 3.8) is 0 Å². The van der Waals surface area contributed by atoms with Gasteiger partial charge in [-0.2, -0.15) is 8.78 Å². The zero-order valence-corrected chi connectivity index (χ0v) is 13.8. The molecule has 0 saturated carbocycles. The molecule has 1 amide bonds. The van der Waals surface area contributed by atoms with Crippen LogP contribution in [0.15, 0.2) is 48.5 Å². The Morgan fingerprint density at radius 2 is 1.75 bits per heavy atom. The van der Waals surface area contributed by atoms with Crippen LogP contribution in [0.2, 0.25) is 5.02 Å². The number of hydrogen-bond acceptors (Lipinski definition) is 3. The number of ether oxygens (including phenoxy) is 2. The minimum absolute atomic E-state index is 0.122. The minimum Gasteiger partial charge on any atom is -0.478 e. The average molecular weight is 356 g/mol. The van der Waals surface area contributed by atoms with Crippen molar-refractivity contribution in [2.24, 2.45) is 0 Å². The van der Waals surface area contributed by atoms with Crippen molar-refractivity contribution in [3.8, 4) is 11.5 Å². The van der Waals surface area contributed by atoms with E-state index in [1.165, 1.54) is 18.2 Å². The number of para-hydroxylation sites is 2. The van der Waals surface area contributed by atoms with E-state index < -0.39 is 18.1 Å². The molecule has 0 heterocycles. The van der Waals surface area contributed by atoms with Crippen molar-refractivity contribution < 1.29 is 23.0 Å². The van der Waals surface area contributed by atoms with Gasteiger partial charge in [0.25, 0.3) is 5.91 Å². The van der Waals surface area contributed by atoms with Gasteiger partial charge in [0.15, 0.2) is 5.60 Å². The summed E-state index contributed by atoms with van der Waals surface area (Å²) in [4.78, 5) is 12.4. The molecule has 0 aliphatic rings. The number of carbonyl (C=O) groups is 1. The number of amides is 1. The van der Waals surface area contributed by atoms with Gasteiger partial charge in [0.2, 0.25) is 0 Å². The van der Waals surface area contributed by atoms with Gasteiger partial charge in [-0.3, -0.25) is 4.79 Å². The maximum Gasteiger partial charge on any atom is 0.387 e. The summed E-state index contributed by atoms with van der Waals surface area (Å²) in [6.45, 7) is 0.141.